The number of likely N-dealkylation sites (N-methyl/N-ethyl adjacent to an activating group) is 1. The SMILES string of the molecule is CCNC(=O)C(CC)N(Cc1ccccc1)C(=O)CCCN(c1cccc(OC)c1)S(C)(=O)=O. The minimum absolute atomic E-state index is 0.110. The molecule has 2 rings (SSSR count). The molecule has 0 saturated carbocycles. The highest BCUT2D eigenvalue weighted by molar-refractivity contribution is 7.92. The average Bonchev–Trinajstić information content (AvgIpc) is 2.81. The third kappa shape index (κ3) is 7.76. The zero-order valence-electron chi connectivity index (χ0n) is 20.4. The number of nitrogens with one attached hydrogen (secondary N) is 1. The van der Waals surface area contributed by atoms with E-state index in [2.05, 4.69) is 5.32 Å². The van der Waals surface area contributed by atoms with Crippen LogP contribution in [0.3, 0.4) is 0 Å². The molecule has 2 aromatic rings. The molecule has 0 aliphatic rings. The number of sulfonamides is 1. The molecule has 0 aromatic heterocycles. The van der Waals surface area contributed by atoms with Crippen LogP contribution >= 0.6 is 0 Å². The van der Waals surface area contributed by atoms with E-state index < -0.39 is 16.1 Å². The van der Waals surface area contributed by atoms with Gasteiger partial charge in [-0.1, -0.05) is 43.3 Å². The van der Waals surface area contributed by atoms with E-state index in [1.54, 1.807) is 29.2 Å². The van der Waals surface area contributed by atoms with E-state index in [-0.39, 0.29) is 24.8 Å². The number of benzene rings is 2. The highest BCUT2D eigenvalue weighted by atomic mass is 32.2. The standard InChI is InChI=1S/C25H35N3O5S/c1-5-23(25(30)26-6-2)27(19-20-12-8-7-9-13-20)24(29)16-11-17-28(34(4,31)32)21-14-10-15-22(18-21)33-3/h7-10,12-15,18,23H,5-6,11,16-17,19H2,1-4H3,(H,26,30). The maximum atomic E-state index is 13.3. The van der Waals surface area contributed by atoms with Crippen LogP contribution in [0, 0.1) is 0 Å². The summed E-state index contributed by atoms with van der Waals surface area (Å²) in [6.07, 6.45) is 2.03. The Morgan fingerprint density at radius 2 is 1.76 bits per heavy atom. The largest absolute Gasteiger partial charge is 0.497 e. The fourth-order valence-electron chi connectivity index (χ4n) is 3.76. The molecule has 0 bridgehead atoms. The second-order valence-electron chi connectivity index (χ2n) is 7.97. The topological polar surface area (TPSA) is 96.0 Å². The minimum atomic E-state index is -3.56. The normalized spacial score (nSPS) is 12.0. The Kier molecular flexibility index (Phi) is 10.4. The molecule has 0 aliphatic carbocycles. The molecule has 0 spiro atoms. The van der Waals surface area contributed by atoms with Gasteiger partial charge < -0.3 is 15.0 Å². The Balaban J connectivity index is 2.18. The maximum Gasteiger partial charge on any atom is 0.242 e. The zero-order chi connectivity index (χ0) is 25.1. The van der Waals surface area contributed by atoms with Gasteiger partial charge in [0.1, 0.15) is 11.8 Å². The van der Waals surface area contributed by atoms with Crippen molar-refractivity contribution in [3.8, 4) is 5.75 Å². The van der Waals surface area contributed by atoms with Crippen molar-refractivity contribution < 1.29 is 22.7 Å². The Bertz CT molecular complexity index is 1040. The van der Waals surface area contributed by atoms with Gasteiger partial charge in [0, 0.05) is 32.1 Å². The van der Waals surface area contributed by atoms with Gasteiger partial charge >= 0.3 is 0 Å². The number of hydrogen-bond donors (Lipinski definition) is 1. The van der Waals surface area contributed by atoms with Gasteiger partial charge in [0.25, 0.3) is 0 Å². The molecule has 34 heavy (non-hydrogen) atoms. The molecule has 0 aliphatic heterocycles. The van der Waals surface area contributed by atoms with Crippen molar-refractivity contribution in [1.82, 2.24) is 10.2 Å². The second-order valence-corrected chi connectivity index (χ2v) is 9.87. The van der Waals surface area contributed by atoms with Crippen molar-refractivity contribution in [1.29, 1.82) is 0 Å². The van der Waals surface area contributed by atoms with Crippen molar-refractivity contribution in [2.45, 2.75) is 45.7 Å². The van der Waals surface area contributed by atoms with Crippen molar-refractivity contribution in [3.63, 3.8) is 0 Å². The van der Waals surface area contributed by atoms with E-state index >= 15 is 0 Å². The lowest BCUT2D eigenvalue weighted by molar-refractivity contribution is -0.141. The van der Waals surface area contributed by atoms with Crippen LogP contribution in [0.2, 0.25) is 0 Å². The van der Waals surface area contributed by atoms with Crippen LogP contribution in [0.5, 0.6) is 5.75 Å². The van der Waals surface area contributed by atoms with Crippen LogP contribution in [0.4, 0.5) is 5.69 Å². The fourth-order valence-corrected chi connectivity index (χ4v) is 4.72. The van der Waals surface area contributed by atoms with Crippen LogP contribution in [0.1, 0.15) is 38.7 Å². The lowest BCUT2D eigenvalue weighted by atomic mass is 10.1. The Hall–Kier alpha value is -3.07. The number of rotatable bonds is 13. The molecule has 1 atom stereocenters. The molecule has 8 nitrogen and oxygen atoms in total. The summed E-state index contributed by atoms with van der Waals surface area (Å²) in [5.41, 5.74) is 1.40. The molecule has 1 N–H and O–H groups in total. The summed E-state index contributed by atoms with van der Waals surface area (Å²) in [7, 11) is -2.05. The minimum Gasteiger partial charge on any atom is -0.497 e. The van der Waals surface area contributed by atoms with Gasteiger partial charge in [-0.2, -0.15) is 0 Å². The second kappa shape index (κ2) is 13.0. The molecular formula is C25H35N3O5S. The van der Waals surface area contributed by atoms with Gasteiger partial charge in [-0.3, -0.25) is 13.9 Å². The van der Waals surface area contributed by atoms with E-state index in [1.165, 1.54) is 11.4 Å². The first-order chi connectivity index (χ1) is 16.2. The zero-order valence-corrected chi connectivity index (χ0v) is 21.2. The summed E-state index contributed by atoms with van der Waals surface area (Å²) in [5, 5.41) is 2.81. The summed E-state index contributed by atoms with van der Waals surface area (Å²) in [6, 6.07) is 15.7. The number of nitrogens with zero attached hydrogens (tertiary/aromatic N) is 2. The number of anilines is 1. The van der Waals surface area contributed by atoms with Crippen LogP contribution in [0.15, 0.2) is 54.6 Å². The third-order valence-corrected chi connectivity index (χ3v) is 6.62. The van der Waals surface area contributed by atoms with Crippen LogP contribution in [-0.4, -0.2) is 57.6 Å². The first-order valence-electron chi connectivity index (χ1n) is 11.4. The Labute approximate surface area is 202 Å². The smallest absolute Gasteiger partial charge is 0.242 e. The van der Waals surface area contributed by atoms with Crippen LogP contribution < -0.4 is 14.4 Å². The van der Waals surface area contributed by atoms with Crippen molar-refractivity contribution >= 4 is 27.5 Å². The number of ether oxygens (including phenoxy) is 1. The van der Waals surface area contributed by atoms with Gasteiger partial charge in [0.15, 0.2) is 0 Å². The van der Waals surface area contributed by atoms with E-state index in [1.807, 2.05) is 44.2 Å². The first-order valence-corrected chi connectivity index (χ1v) is 13.3. The van der Waals surface area contributed by atoms with Gasteiger partial charge in [-0.25, -0.2) is 8.42 Å². The predicted molar refractivity (Wildman–Crippen MR) is 134 cm³/mol. The summed E-state index contributed by atoms with van der Waals surface area (Å²) in [5.74, 6) is 0.161. The molecule has 0 saturated heterocycles. The lowest BCUT2D eigenvalue weighted by Crippen LogP contribution is -2.49. The van der Waals surface area contributed by atoms with Crippen molar-refractivity contribution in [3.05, 3.63) is 60.2 Å². The number of carbonyl (C=O) groups excluding carboxylic acids is 2. The monoisotopic (exact) mass is 489 g/mol. The Morgan fingerprint density at radius 1 is 1.06 bits per heavy atom. The summed E-state index contributed by atoms with van der Waals surface area (Å²) in [6.45, 7) is 4.63. The van der Waals surface area contributed by atoms with E-state index in [0.29, 0.717) is 37.4 Å². The Morgan fingerprint density at radius 3 is 2.35 bits per heavy atom. The number of carbonyl (C=O) groups is 2. The molecule has 0 radical (unpaired) electrons. The van der Waals surface area contributed by atoms with Crippen molar-refractivity contribution in [2.75, 3.05) is 30.8 Å². The van der Waals surface area contributed by atoms with Gasteiger partial charge in [-0.15, -0.1) is 0 Å². The molecule has 0 heterocycles. The highest BCUT2D eigenvalue weighted by Gasteiger charge is 2.28. The summed E-state index contributed by atoms with van der Waals surface area (Å²) >= 11 is 0. The summed E-state index contributed by atoms with van der Waals surface area (Å²) in [4.78, 5) is 27.5. The molecule has 2 aromatic carbocycles. The molecule has 2 amide bonds. The number of methoxy groups -OCH3 is 1. The van der Waals surface area contributed by atoms with Crippen LogP contribution in [-0.2, 0) is 26.2 Å². The fraction of sp³-hybridized carbons (Fsp3) is 0.440. The number of amides is 2. The van der Waals surface area contributed by atoms with Gasteiger partial charge in [-0.05, 0) is 37.5 Å². The van der Waals surface area contributed by atoms with Gasteiger partial charge in [0.2, 0.25) is 21.8 Å². The third-order valence-electron chi connectivity index (χ3n) is 5.43. The van der Waals surface area contributed by atoms with E-state index in [9.17, 15) is 18.0 Å². The van der Waals surface area contributed by atoms with E-state index in [4.69, 9.17) is 4.74 Å². The molecule has 186 valence electrons. The van der Waals surface area contributed by atoms with E-state index in [0.717, 1.165) is 11.8 Å². The number of hydrogen-bond acceptors (Lipinski definition) is 5. The molecular weight excluding hydrogens is 454 g/mol. The quantitative estimate of drug-likeness (QED) is 0.466. The molecule has 9 heteroatoms. The van der Waals surface area contributed by atoms with Crippen LogP contribution in [0.25, 0.3) is 0 Å². The maximum absolute atomic E-state index is 13.3. The lowest BCUT2D eigenvalue weighted by Gasteiger charge is -2.31. The predicted octanol–water partition coefficient (Wildman–Crippen LogP) is 3.18. The molecule has 0 fully saturated rings. The first kappa shape index (κ1) is 27.2. The molecule has 1 unspecified atom stereocenters. The average molecular weight is 490 g/mol. The van der Waals surface area contributed by atoms with Gasteiger partial charge in [0.05, 0.1) is 19.1 Å². The highest BCUT2D eigenvalue weighted by Crippen LogP contribution is 2.24. The van der Waals surface area contributed by atoms with Crippen molar-refractivity contribution in [2.24, 2.45) is 0 Å². The summed E-state index contributed by atoms with van der Waals surface area (Å²) < 4.78 is 31.3.